The number of benzene rings is 2. The summed E-state index contributed by atoms with van der Waals surface area (Å²) in [4.78, 5) is 31.0. The number of hydrazine groups is 1. The molecule has 0 radical (unpaired) electrons. The molecule has 2 amide bonds. The van der Waals surface area contributed by atoms with Crippen LogP contribution in [0.3, 0.4) is 0 Å². The molecule has 4 rings (SSSR count). The fourth-order valence-electron chi connectivity index (χ4n) is 3.23. The van der Waals surface area contributed by atoms with Crippen LogP contribution in [0.5, 0.6) is 0 Å². The summed E-state index contributed by atoms with van der Waals surface area (Å²) in [7, 11) is 0. The predicted molar refractivity (Wildman–Crippen MR) is 112 cm³/mol. The van der Waals surface area contributed by atoms with Crippen LogP contribution in [0.1, 0.15) is 5.56 Å². The molecular weight excluding hydrogens is 431 g/mol. The molecule has 2 aliphatic rings. The zero-order chi connectivity index (χ0) is 22.1. The molecule has 2 aromatic rings. The van der Waals surface area contributed by atoms with Crippen molar-refractivity contribution in [3.8, 4) is 0 Å². The molecule has 2 unspecified atom stereocenters. The number of amides is 2. The molecule has 1 saturated heterocycles. The average Bonchev–Trinajstić information content (AvgIpc) is 3.20. The minimum absolute atomic E-state index is 0.113. The van der Waals surface area contributed by atoms with E-state index < -0.39 is 35.4 Å². The van der Waals surface area contributed by atoms with Crippen LogP contribution < -0.4 is 21.1 Å². The van der Waals surface area contributed by atoms with Crippen LogP contribution in [-0.2, 0) is 9.59 Å². The van der Waals surface area contributed by atoms with Crippen LogP contribution >= 0.6 is 11.8 Å². The maximum Gasteiger partial charge on any atom is 0.241 e. The van der Waals surface area contributed by atoms with E-state index in [4.69, 9.17) is 0 Å². The minimum atomic E-state index is -1.10. The monoisotopic (exact) mass is 449 g/mol. The van der Waals surface area contributed by atoms with Gasteiger partial charge in [-0.25, -0.2) is 23.6 Å². The number of fused-ring (bicyclic) bond motifs is 1. The lowest BCUT2D eigenvalue weighted by Crippen LogP contribution is -2.49. The number of halogens is 3. The molecule has 7 nitrogen and oxygen atoms in total. The van der Waals surface area contributed by atoms with E-state index in [1.54, 1.807) is 19.1 Å². The summed E-state index contributed by atoms with van der Waals surface area (Å²) in [5.41, 5.74) is 6.60. The third-order valence-electron chi connectivity index (χ3n) is 4.88. The van der Waals surface area contributed by atoms with E-state index in [0.717, 1.165) is 23.9 Å². The van der Waals surface area contributed by atoms with Gasteiger partial charge in [-0.3, -0.25) is 19.9 Å². The Labute approximate surface area is 180 Å². The Bertz CT molecular complexity index is 1080. The van der Waals surface area contributed by atoms with Crippen molar-refractivity contribution in [2.75, 3.05) is 22.5 Å². The fraction of sp³-hybridized carbons (Fsp3) is 0.250. The standard InChI is InChI=1S/C20H18F3N5O2S/c1-10-2-3-11(6-15(10)22)25-17(29)9-31-20-26-18-13(8-24-27-18)19(30)28(20)12-4-5-14(21)16(23)7-12/h2-7,13,18,24,27H,8-9H2,1H3,(H,25,29). The van der Waals surface area contributed by atoms with Crippen molar-refractivity contribution in [1.82, 2.24) is 10.9 Å². The van der Waals surface area contributed by atoms with Crippen molar-refractivity contribution in [2.45, 2.75) is 13.1 Å². The SMILES string of the molecule is Cc1ccc(NC(=O)CSC2=NC3NNCC3C(=O)N2c2ccc(F)c(F)c2)cc1F. The molecule has 0 saturated carbocycles. The van der Waals surface area contributed by atoms with Crippen LogP contribution in [0.2, 0.25) is 0 Å². The van der Waals surface area contributed by atoms with E-state index in [1.807, 2.05) is 0 Å². The number of aryl methyl sites for hydroxylation is 1. The molecular formula is C20H18F3N5O2S. The highest BCUT2D eigenvalue weighted by molar-refractivity contribution is 8.14. The van der Waals surface area contributed by atoms with Crippen molar-refractivity contribution >= 4 is 40.1 Å². The Morgan fingerprint density at radius 3 is 2.74 bits per heavy atom. The molecule has 31 heavy (non-hydrogen) atoms. The molecule has 2 aliphatic heterocycles. The number of rotatable bonds is 4. The summed E-state index contributed by atoms with van der Waals surface area (Å²) in [6.07, 6.45) is -0.536. The smallest absolute Gasteiger partial charge is 0.241 e. The summed E-state index contributed by atoms with van der Waals surface area (Å²) in [5.74, 6) is -4.03. The van der Waals surface area contributed by atoms with Crippen molar-refractivity contribution in [3.05, 3.63) is 59.4 Å². The van der Waals surface area contributed by atoms with Crippen molar-refractivity contribution in [3.63, 3.8) is 0 Å². The second-order valence-corrected chi connectivity index (χ2v) is 8.00. The number of carbonyl (C=O) groups excluding carboxylic acids is 2. The Hall–Kier alpha value is -2.89. The summed E-state index contributed by atoms with van der Waals surface area (Å²) >= 11 is 0.963. The number of nitrogens with one attached hydrogen (secondary N) is 3. The molecule has 0 bridgehead atoms. The third kappa shape index (κ3) is 4.43. The predicted octanol–water partition coefficient (Wildman–Crippen LogP) is 2.54. The van der Waals surface area contributed by atoms with E-state index in [9.17, 15) is 22.8 Å². The molecule has 1 fully saturated rings. The van der Waals surface area contributed by atoms with Gasteiger partial charge in [0.15, 0.2) is 16.8 Å². The third-order valence-corrected chi connectivity index (χ3v) is 5.83. The number of anilines is 2. The number of thioether (sulfide) groups is 1. The zero-order valence-electron chi connectivity index (χ0n) is 16.3. The molecule has 2 heterocycles. The fourth-order valence-corrected chi connectivity index (χ4v) is 4.07. The maximum absolute atomic E-state index is 13.8. The van der Waals surface area contributed by atoms with Crippen LogP contribution in [0, 0.1) is 30.3 Å². The average molecular weight is 449 g/mol. The van der Waals surface area contributed by atoms with Crippen LogP contribution in [-0.4, -0.2) is 35.4 Å². The van der Waals surface area contributed by atoms with Crippen LogP contribution in [0.4, 0.5) is 24.5 Å². The highest BCUT2D eigenvalue weighted by atomic mass is 32.2. The molecule has 3 N–H and O–H groups in total. The quantitative estimate of drug-likeness (QED) is 0.668. The number of hydrogen-bond donors (Lipinski definition) is 3. The van der Waals surface area contributed by atoms with Gasteiger partial charge in [0.25, 0.3) is 0 Å². The van der Waals surface area contributed by atoms with E-state index in [-0.39, 0.29) is 22.5 Å². The summed E-state index contributed by atoms with van der Waals surface area (Å²) in [6, 6.07) is 7.45. The number of hydrogen-bond acceptors (Lipinski definition) is 6. The van der Waals surface area contributed by atoms with Gasteiger partial charge in [-0.1, -0.05) is 17.8 Å². The van der Waals surface area contributed by atoms with Crippen LogP contribution in [0.15, 0.2) is 41.4 Å². The molecule has 11 heteroatoms. The van der Waals surface area contributed by atoms with Gasteiger partial charge in [0.2, 0.25) is 11.8 Å². The van der Waals surface area contributed by atoms with E-state index in [2.05, 4.69) is 21.2 Å². The largest absolute Gasteiger partial charge is 0.325 e. The normalized spacial score (nSPS) is 20.5. The van der Waals surface area contributed by atoms with Gasteiger partial charge in [-0.15, -0.1) is 0 Å². The lowest BCUT2D eigenvalue weighted by atomic mass is 10.0. The number of nitrogens with zero attached hydrogens (tertiary/aromatic N) is 2. The first-order chi connectivity index (χ1) is 14.8. The molecule has 162 valence electrons. The second kappa shape index (κ2) is 8.69. The number of amidine groups is 1. The Kier molecular flexibility index (Phi) is 5.99. The van der Waals surface area contributed by atoms with Crippen LogP contribution in [0.25, 0.3) is 0 Å². The Morgan fingerprint density at radius 1 is 1.19 bits per heavy atom. The van der Waals surface area contributed by atoms with Gasteiger partial charge < -0.3 is 5.32 Å². The van der Waals surface area contributed by atoms with Crippen molar-refractivity contribution in [2.24, 2.45) is 10.9 Å². The molecule has 0 aliphatic carbocycles. The van der Waals surface area contributed by atoms with Crippen molar-refractivity contribution in [1.29, 1.82) is 0 Å². The Balaban J connectivity index is 1.53. The van der Waals surface area contributed by atoms with E-state index >= 15 is 0 Å². The van der Waals surface area contributed by atoms with Crippen molar-refractivity contribution < 1.29 is 22.8 Å². The maximum atomic E-state index is 13.8. The van der Waals surface area contributed by atoms with Gasteiger partial charge >= 0.3 is 0 Å². The van der Waals surface area contributed by atoms with Gasteiger partial charge in [0, 0.05) is 18.3 Å². The number of aliphatic imine (C=N–C) groups is 1. The molecule has 0 aromatic heterocycles. The van der Waals surface area contributed by atoms with E-state index in [0.29, 0.717) is 17.8 Å². The second-order valence-electron chi connectivity index (χ2n) is 7.06. The zero-order valence-corrected chi connectivity index (χ0v) is 17.1. The first-order valence-corrected chi connectivity index (χ1v) is 10.4. The van der Waals surface area contributed by atoms with Gasteiger partial charge in [0.1, 0.15) is 12.0 Å². The number of carbonyl (C=O) groups is 2. The highest BCUT2D eigenvalue weighted by Gasteiger charge is 2.42. The van der Waals surface area contributed by atoms with E-state index in [1.165, 1.54) is 17.0 Å². The first kappa shape index (κ1) is 21.3. The summed E-state index contributed by atoms with van der Waals surface area (Å²) in [6.45, 7) is 1.94. The lowest BCUT2D eigenvalue weighted by molar-refractivity contribution is -0.121. The van der Waals surface area contributed by atoms with Gasteiger partial charge in [0.05, 0.1) is 17.4 Å². The summed E-state index contributed by atoms with van der Waals surface area (Å²) < 4.78 is 40.9. The van der Waals surface area contributed by atoms with Gasteiger partial charge in [-0.2, -0.15) is 0 Å². The molecule has 2 aromatic carbocycles. The lowest BCUT2D eigenvalue weighted by Gasteiger charge is -2.32. The van der Waals surface area contributed by atoms with Gasteiger partial charge in [-0.05, 0) is 36.8 Å². The summed E-state index contributed by atoms with van der Waals surface area (Å²) in [5, 5.41) is 2.75. The topological polar surface area (TPSA) is 85.8 Å². The minimum Gasteiger partial charge on any atom is -0.325 e. The Morgan fingerprint density at radius 2 is 2.00 bits per heavy atom. The first-order valence-electron chi connectivity index (χ1n) is 9.37. The molecule has 0 spiro atoms. The highest BCUT2D eigenvalue weighted by Crippen LogP contribution is 2.30. The molecule has 2 atom stereocenters.